The number of hydrogen-bond donors (Lipinski definition) is 3. The summed E-state index contributed by atoms with van der Waals surface area (Å²) >= 11 is 0. The number of nitrogens with zero attached hydrogens (tertiary/aromatic N) is 1. The highest BCUT2D eigenvalue weighted by Gasteiger charge is 2.06. The standard InChI is InChI=1S/C16H18N4O3/c1-23-14-6-4-12(5-7-14)9-15(21)19-20-16(22)18-11-13-3-2-8-17-10-13/h2-8,10H,9,11H2,1H3,(H,19,21)(H2,18,20,22). The summed E-state index contributed by atoms with van der Waals surface area (Å²) in [6.45, 7) is 0.327. The van der Waals surface area contributed by atoms with Crippen LogP contribution in [0, 0.1) is 0 Å². The van der Waals surface area contributed by atoms with Gasteiger partial charge in [0.2, 0.25) is 5.91 Å². The summed E-state index contributed by atoms with van der Waals surface area (Å²) in [5.74, 6) is 0.411. The van der Waals surface area contributed by atoms with Crippen LogP contribution >= 0.6 is 0 Å². The molecule has 3 N–H and O–H groups in total. The predicted octanol–water partition coefficient (Wildman–Crippen LogP) is 1.16. The second-order valence-corrected chi connectivity index (χ2v) is 4.74. The van der Waals surface area contributed by atoms with Crippen LogP contribution in [0.1, 0.15) is 11.1 Å². The summed E-state index contributed by atoms with van der Waals surface area (Å²) in [4.78, 5) is 27.3. The first-order valence-electron chi connectivity index (χ1n) is 7.02. The number of hydrazine groups is 1. The number of rotatable bonds is 5. The fourth-order valence-corrected chi connectivity index (χ4v) is 1.83. The molecule has 120 valence electrons. The molecule has 7 nitrogen and oxygen atoms in total. The Morgan fingerprint density at radius 2 is 1.87 bits per heavy atom. The monoisotopic (exact) mass is 314 g/mol. The number of ether oxygens (including phenoxy) is 1. The van der Waals surface area contributed by atoms with E-state index in [1.165, 1.54) is 0 Å². The molecule has 7 heteroatoms. The highest BCUT2D eigenvalue weighted by molar-refractivity contribution is 5.82. The van der Waals surface area contributed by atoms with Crippen molar-refractivity contribution >= 4 is 11.9 Å². The quantitative estimate of drug-likeness (QED) is 0.722. The van der Waals surface area contributed by atoms with Crippen molar-refractivity contribution in [1.82, 2.24) is 21.2 Å². The molecule has 0 bridgehead atoms. The Hall–Kier alpha value is -3.09. The number of carbonyl (C=O) groups excluding carboxylic acids is 2. The van der Waals surface area contributed by atoms with Crippen LogP contribution in [0.5, 0.6) is 5.75 Å². The van der Waals surface area contributed by atoms with Gasteiger partial charge in [0.05, 0.1) is 13.5 Å². The maximum Gasteiger partial charge on any atom is 0.333 e. The summed E-state index contributed by atoms with van der Waals surface area (Å²) in [5, 5.41) is 2.61. The van der Waals surface area contributed by atoms with Crippen molar-refractivity contribution in [3.8, 4) is 5.75 Å². The number of benzene rings is 1. The number of nitrogens with one attached hydrogen (secondary N) is 3. The molecule has 1 aromatic carbocycles. The second-order valence-electron chi connectivity index (χ2n) is 4.74. The van der Waals surface area contributed by atoms with Crippen LogP contribution in [-0.2, 0) is 17.8 Å². The average molecular weight is 314 g/mol. The fourth-order valence-electron chi connectivity index (χ4n) is 1.83. The lowest BCUT2D eigenvalue weighted by atomic mass is 10.1. The van der Waals surface area contributed by atoms with Gasteiger partial charge in [-0.3, -0.25) is 15.2 Å². The van der Waals surface area contributed by atoms with E-state index >= 15 is 0 Å². The largest absolute Gasteiger partial charge is 0.497 e. The molecular formula is C16H18N4O3. The summed E-state index contributed by atoms with van der Waals surface area (Å²) in [5.41, 5.74) is 6.34. The highest BCUT2D eigenvalue weighted by atomic mass is 16.5. The van der Waals surface area contributed by atoms with Gasteiger partial charge in [-0.05, 0) is 29.3 Å². The Labute approximate surface area is 134 Å². The normalized spacial score (nSPS) is 9.78. The minimum atomic E-state index is -0.489. The smallest absolute Gasteiger partial charge is 0.333 e. The Morgan fingerprint density at radius 1 is 1.09 bits per heavy atom. The summed E-state index contributed by atoms with van der Waals surface area (Å²) in [6, 6.07) is 10.3. The van der Waals surface area contributed by atoms with Gasteiger partial charge in [0, 0.05) is 18.9 Å². The van der Waals surface area contributed by atoms with Gasteiger partial charge < -0.3 is 10.1 Å². The first kappa shape index (κ1) is 16.3. The van der Waals surface area contributed by atoms with Gasteiger partial charge in [0.25, 0.3) is 0 Å². The third-order valence-electron chi connectivity index (χ3n) is 3.02. The van der Waals surface area contributed by atoms with Gasteiger partial charge >= 0.3 is 6.03 Å². The van der Waals surface area contributed by atoms with Gasteiger partial charge in [0.1, 0.15) is 5.75 Å². The molecule has 2 rings (SSSR count). The molecule has 1 aromatic heterocycles. The van der Waals surface area contributed by atoms with Crippen molar-refractivity contribution < 1.29 is 14.3 Å². The van der Waals surface area contributed by atoms with Crippen LogP contribution in [0.15, 0.2) is 48.8 Å². The Bertz CT molecular complexity index is 644. The van der Waals surface area contributed by atoms with E-state index in [1.807, 2.05) is 6.07 Å². The van der Waals surface area contributed by atoms with E-state index in [1.54, 1.807) is 49.8 Å². The first-order valence-corrected chi connectivity index (χ1v) is 7.02. The molecular weight excluding hydrogens is 296 g/mol. The van der Waals surface area contributed by atoms with Gasteiger partial charge in [-0.15, -0.1) is 0 Å². The number of pyridine rings is 1. The van der Waals surface area contributed by atoms with Crippen molar-refractivity contribution in [2.24, 2.45) is 0 Å². The SMILES string of the molecule is COc1ccc(CC(=O)NNC(=O)NCc2cccnc2)cc1. The van der Waals surface area contributed by atoms with Crippen LogP contribution in [0.25, 0.3) is 0 Å². The number of carbonyl (C=O) groups is 2. The molecule has 2 aromatic rings. The predicted molar refractivity (Wildman–Crippen MR) is 84.4 cm³/mol. The first-order chi connectivity index (χ1) is 11.2. The molecule has 0 saturated heterocycles. The van der Waals surface area contributed by atoms with E-state index < -0.39 is 6.03 Å². The molecule has 0 aliphatic rings. The molecule has 23 heavy (non-hydrogen) atoms. The van der Waals surface area contributed by atoms with Gasteiger partial charge in [-0.2, -0.15) is 0 Å². The minimum absolute atomic E-state index is 0.160. The minimum Gasteiger partial charge on any atom is -0.497 e. The van der Waals surface area contributed by atoms with Crippen molar-refractivity contribution in [2.45, 2.75) is 13.0 Å². The highest BCUT2D eigenvalue weighted by Crippen LogP contribution is 2.11. The van der Waals surface area contributed by atoms with E-state index in [0.717, 1.165) is 16.9 Å². The summed E-state index contributed by atoms with van der Waals surface area (Å²) in [6.07, 6.45) is 3.47. The molecule has 3 amide bonds. The molecule has 0 spiro atoms. The molecule has 0 atom stereocenters. The number of aromatic nitrogens is 1. The van der Waals surface area contributed by atoms with E-state index in [9.17, 15) is 9.59 Å². The molecule has 0 saturated carbocycles. The zero-order chi connectivity index (χ0) is 16.5. The maximum absolute atomic E-state index is 11.8. The number of methoxy groups -OCH3 is 1. The van der Waals surface area contributed by atoms with Crippen LogP contribution in [-0.4, -0.2) is 24.0 Å². The Balaban J connectivity index is 1.69. The lowest BCUT2D eigenvalue weighted by Crippen LogP contribution is -2.47. The van der Waals surface area contributed by atoms with E-state index in [-0.39, 0.29) is 12.3 Å². The molecule has 1 heterocycles. The summed E-state index contributed by atoms with van der Waals surface area (Å²) < 4.78 is 5.05. The summed E-state index contributed by atoms with van der Waals surface area (Å²) in [7, 11) is 1.58. The maximum atomic E-state index is 11.8. The van der Waals surface area contributed by atoms with E-state index in [0.29, 0.717) is 6.54 Å². The molecule has 0 unspecified atom stereocenters. The average Bonchev–Trinajstić information content (AvgIpc) is 2.60. The number of urea groups is 1. The second kappa shape index (κ2) is 8.38. The molecule has 0 aliphatic carbocycles. The van der Waals surface area contributed by atoms with Crippen molar-refractivity contribution in [1.29, 1.82) is 0 Å². The molecule has 0 aliphatic heterocycles. The van der Waals surface area contributed by atoms with Crippen molar-refractivity contribution in [3.63, 3.8) is 0 Å². The van der Waals surface area contributed by atoms with Crippen molar-refractivity contribution in [3.05, 3.63) is 59.9 Å². The Morgan fingerprint density at radius 3 is 2.52 bits per heavy atom. The van der Waals surface area contributed by atoms with Crippen LogP contribution in [0.2, 0.25) is 0 Å². The van der Waals surface area contributed by atoms with Gasteiger partial charge in [0.15, 0.2) is 0 Å². The third-order valence-corrected chi connectivity index (χ3v) is 3.02. The zero-order valence-electron chi connectivity index (χ0n) is 12.7. The van der Waals surface area contributed by atoms with Crippen LogP contribution in [0.4, 0.5) is 4.79 Å². The van der Waals surface area contributed by atoms with Gasteiger partial charge in [-0.25, -0.2) is 10.2 Å². The third kappa shape index (κ3) is 5.66. The number of hydrogen-bond acceptors (Lipinski definition) is 4. The van der Waals surface area contributed by atoms with E-state index in [4.69, 9.17) is 4.74 Å². The zero-order valence-corrected chi connectivity index (χ0v) is 12.7. The fraction of sp³-hybridized carbons (Fsp3) is 0.188. The van der Waals surface area contributed by atoms with Gasteiger partial charge in [-0.1, -0.05) is 18.2 Å². The molecule has 0 fully saturated rings. The lowest BCUT2D eigenvalue weighted by molar-refractivity contribution is -0.121. The topological polar surface area (TPSA) is 92.4 Å². The van der Waals surface area contributed by atoms with Crippen LogP contribution < -0.4 is 20.9 Å². The van der Waals surface area contributed by atoms with E-state index in [2.05, 4.69) is 21.2 Å². The molecule has 0 radical (unpaired) electrons. The van der Waals surface area contributed by atoms with Crippen molar-refractivity contribution in [2.75, 3.05) is 7.11 Å². The number of amides is 3. The van der Waals surface area contributed by atoms with Crippen LogP contribution in [0.3, 0.4) is 0 Å². The Kier molecular flexibility index (Phi) is 5.93. The lowest BCUT2D eigenvalue weighted by Gasteiger charge is -2.09.